The second kappa shape index (κ2) is 7.14. The van der Waals surface area contributed by atoms with Crippen molar-refractivity contribution >= 4 is 17.6 Å². The minimum absolute atomic E-state index is 0.204. The zero-order valence-electron chi connectivity index (χ0n) is 13.1. The lowest BCUT2D eigenvalue weighted by molar-refractivity contribution is -0.137. The summed E-state index contributed by atoms with van der Waals surface area (Å²) in [5.74, 6) is -0.565. The molecule has 0 saturated heterocycles. The van der Waals surface area contributed by atoms with Crippen molar-refractivity contribution in [1.29, 1.82) is 5.26 Å². The Hall–Kier alpha value is -2.92. The van der Waals surface area contributed by atoms with Crippen molar-refractivity contribution in [2.45, 2.75) is 11.1 Å². The average molecular weight is 377 g/mol. The molecule has 3 nitrogen and oxygen atoms in total. The Morgan fingerprint density at radius 3 is 2.58 bits per heavy atom. The lowest BCUT2D eigenvalue weighted by Crippen LogP contribution is -2.04. The SMILES string of the molecule is N#Cc1ccc(NSc2c[nH]c(-c3cccc(C(F)(F)F)c3)c2)c(F)c1. The molecule has 0 amide bonds. The lowest BCUT2D eigenvalue weighted by Gasteiger charge is -2.07. The molecule has 0 radical (unpaired) electrons. The van der Waals surface area contributed by atoms with Gasteiger partial charge in [0.15, 0.2) is 0 Å². The number of alkyl halides is 3. The Balaban J connectivity index is 1.74. The summed E-state index contributed by atoms with van der Waals surface area (Å²) in [6, 6.07) is 12.5. The van der Waals surface area contributed by atoms with Crippen LogP contribution in [0.5, 0.6) is 0 Å². The summed E-state index contributed by atoms with van der Waals surface area (Å²) in [5, 5.41) is 8.72. The molecule has 0 atom stereocenters. The highest BCUT2D eigenvalue weighted by Gasteiger charge is 2.30. The molecule has 0 bridgehead atoms. The largest absolute Gasteiger partial charge is 0.416 e. The van der Waals surface area contributed by atoms with E-state index in [0.29, 0.717) is 16.2 Å². The van der Waals surface area contributed by atoms with E-state index < -0.39 is 17.6 Å². The van der Waals surface area contributed by atoms with E-state index in [1.807, 2.05) is 6.07 Å². The van der Waals surface area contributed by atoms with E-state index in [0.717, 1.165) is 30.1 Å². The summed E-state index contributed by atoms with van der Waals surface area (Å²) < 4.78 is 55.1. The first-order valence-electron chi connectivity index (χ1n) is 7.35. The molecule has 0 aliphatic rings. The molecule has 3 rings (SSSR count). The van der Waals surface area contributed by atoms with Crippen LogP contribution in [0.1, 0.15) is 11.1 Å². The van der Waals surface area contributed by atoms with E-state index in [4.69, 9.17) is 5.26 Å². The molecular formula is C18H11F4N3S. The second-order valence-electron chi connectivity index (χ2n) is 5.34. The quantitative estimate of drug-likeness (QED) is 0.444. The van der Waals surface area contributed by atoms with Gasteiger partial charge in [-0.05, 0) is 53.9 Å². The highest BCUT2D eigenvalue weighted by atomic mass is 32.2. The molecule has 2 aromatic carbocycles. The predicted octanol–water partition coefficient (Wildman–Crippen LogP) is 5.83. The summed E-state index contributed by atoms with van der Waals surface area (Å²) >= 11 is 1.10. The maximum atomic E-state index is 13.8. The third kappa shape index (κ3) is 4.00. The Labute approximate surface area is 150 Å². The molecule has 0 aliphatic heterocycles. The summed E-state index contributed by atoms with van der Waals surface area (Å²) in [7, 11) is 0. The number of nitriles is 1. The van der Waals surface area contributed by atoms with Crippen LogP contribution in [-0.2, 0) is 6.18 Å². The van der Waals surface area contributed by atoms with E-state index in [1.54, 1.807) is 18.3 Å². The molecular weight excluding hydrogens is 366 g/mol. The number of hydrogen-bond donors (Lipinski definition) is 2. The third-order valence-corrected chi connectivity index (χ3v) is 4.33. The second-order valence-corrected chi connectivity index (χ2v) is 6.22. The number of benzene rings is 2. The van der Waals surface area contributed by atoms with Gasteiger partial charge < -0.3 is 9.71 Å². The van der Waals surface area contributed by atoms with Gasteiger partial charge in [-0.3, -0.25) is 0 Å². The smallest absolute Gasteiger partial charge is 0.360 e. The van der Waals surface area contributed by atoms with Crippen molar-refractivity contribution in [1.82, 2.24) is 4.98 Å². The van der Waals surface area contributed by atoms with Crippen LogP contribution >= 0.6 is 11.9 Å². The fourth-order valence-electron chi connectivity index (χ4n) is 2.24. The number of nitrogens with one attached hydrogen (secondary N) is 2. The number of anilines is 1. The highest BCUT2D eigenvalue weighted by Crippen LogP contribution is 2.33. The topological polar surface area (TPSA) is 51.6 Å². The number of halogens is 4. The van der Waals surface area contributed by atoms with E-state index >= 15 is 0 Å². The third-order valence-electron chi connectivity index (χ3n) is 3.53. The Kier molecular flexibility index (Phi) is 4.91. The molecule has 2 N–H and O–H groups in total. The van der Waals surface area contributed by atoms with Crippen molar-refractivity contribution in [3.63, 3.8) is 0 Å². The monoisotopic (exact) mass is 377 g/mol. The number of aromatic nitrogens is 1. The van der Waals surface area contributed by atoms with Crippen LogP contribution in [0.15, 0.2) is 59.6 Å². The van der Waals surface area contributed by atoms with E-state index in [1.165, 1.54) is 18.2 Å². The first-order valence-corrected chi connectivity index (χ1v) is 8.17. The maximum absolute atomic E-state index is 13.8. The van der Waals surface area contributed by atoms with Gasteiger partial charge in [-0.25, -0.2) is 4.39 Å². The highest BCUT2D eigenvalue weighted by molar-refractivity contribution is 8.00. The average Bonchev–Trinajstić information content (AvgIpc) is 3.09. The van der Waals surface area contributed by atoms with Gasteiger partial charge in [-0.2, -0.15) is 18.4 Å². The van der Waals surface area contributed by atoms with Crippen LogP contribution in [0.25, 0.3) is 11.3 Å². The summed E-state index contributed by atoms with van der Waals surface area (Å²) in [6.45, 7) is 0. The van der Waals surface area contributed by atoms with Gasteiger partial charge in [0.25, 0.3) is 0 Å². The van der Waals surface area contributed by atoms with Crippen LogP contribution in [0.3, 0.4) is 0 Å². The molecule has 0 aliphatic carbocycles. The van der Waals surface area contributed by atoms with Gasteiger partial charge in [0.05, 0.1) is 22.9 Å². The van der Waals surface area contributed by atoms with Gasteiger partial charge in [0.2, 0.25) is 0 Å². The Bertz CT molecular complexity index is 973. The molecule has 1 heterocycles. The molecule has 26 heavy (non-hydrogen) atoms. The van der Waals surface area contributed by atoms with Gasteiger partial charge in [0, 0.05) is 16.8 Å². The van der Waals surface area contributed by atoms with Crippen molar-refractivity contribution in [2.75, 3.05) is 4.72 Å². The summed E-state index contributed by atoms with van der Waals surface area (Å²) in [5.41, 5.74) is 0.607. The number of hydrogen-bond acceptors (Lipinski definition) is 3. The lowest BCUT2D eigenvalue weighted by atomic mass is 10.1. The Morgan fingerprint density at radius 1 is 1.08 bits per heavy atom. The number of H-pyrrole nitrogens is 1. The maximum Gasteiger partial charge on any atom is 0.416 e. The van der Waals surface area contributed by atoms with Crippen LogP contribution in [-0.4, -0.2) is 4.98 Å². The molecule has 0 unspecified atom stereocenters. The summed E-state index contributed by atoms with van der Waals surface area (Å²) in [6.07, 6.45) is -2.80. The normalized spacial score (nSPS) is 11.2. The van der Waals surface area contributed by atoms with Gasteiger partial charge in [-0.15, -0.1) is 0 Å². The predicted molar refractivity (Wildman–Crippen MR) is 91.8 cm³/mol. The van der Waals surface area contributed by atoms with Crippen molar-refractivity contribution in [3.8, 4) is 17.3 Å². The first-order chi connectivity index (χ1) is 12.4. The molecule has 0 saturated carbocycles. The molecule has 8 heteroatoms. The minimum Gasteiger partial charge on any atom is -0.360 e. The fraction of sp³-hybridized carbons (Fsp3) is 0.0556. The summed E-state index contributed by atoms with van der Waals surface area (Å²) in [4.78, 5) is 3.57. The fourth-order valence-corrected chi connectivity index (χ4v) is 2.93. The van der Waals surface area contributed by atoms with Crippen LogP contribution in [0, 0.1) is 17.1 Å². The molecule has 132 valence electrons. The van der Waals surface area contributed by atoms with Crippen molar-refractivity contribution in [2.24, 2.45) is 0 Å². The van der Waals surface area contributed by atoms with Gasteiger partial charge in [0.1, 0.15) is 5.82 Å². The van der Waals surface area contributed by atoms with E-state index in [-0.39, 0.29) is 11.3 Å². The van der Waals surface area contributed by atoms with Crippen LogP contribution in [0.2, 0.25) is 0 Å². The van der Waals surface area contributed by atoms with Gasteiger partial charge >= 0.3 is 6.18 Å². The van der Waals surface area contributed by atoms with Crippen molar-refractivity contribution in [3.05, 3.63) is 71.7 Å². The van der Waals surface area contributed by atoms with E-state index in [9.17, 15) is 17.6 Å². The standard InChI is InChI=1S/C18H11F4N3S/c19-15-6-11(9-23)4-5-16(15)25-26-14-8-17(24-10-14)12-2-1-3-13(7-12)18(20,21)22/h1-8,10,24-25H. The number of rotatable bonds is 4. The number of nitrogens with zero attached hydrogens (tertiary/aromatic N) is 1. The minimum atomic E-state index is -4.41. The van der Waals surface area contributed by atoms with Crippen LogP contribution in [0.4, 0.5) is 23.2 Å². The molecule has 1 aromatic heterocycles. The molecule has 3 aromatic rings. The van der Waals surface area contributed by atoms with Crippen LogP contribution < -0.4 is 4.72 Å². The first kappa shape index (κ1) is 17.9. The molecule has 0 spiro atoms. The molecule has 0 fully saturated rings. The van der Waals surface area contributed by atoms with E-state index in [2.05, 4.69) is 9.71 Å². The zero-order valence-corrected chi connectivity index (χ0v) is 13.9. The van der Waals surface area contributed by atoms with Gasteiger partial charge in [-0.1, -0.05) is 12.1 Å². The zero-order chi connectivity index (χ0) is 18.7. The Morgan fingerprint density at radius 2 is 1.88 bits per heavy atom. The van der Waals surface area contributed by atoms with Crippen molar-refractivity contribution < 1.29 is 17.6 Å². The number of aromatic amines is 1.